The molecule has 1 N–H and O–H groups in total. The number of rotatable bonds is 3. The Kier molecular flexibility index (Phi) is 5.10. The normalized spacial score (nSPS) is 10.4. The van der Waals surface area contributed by atoms with Crippen molar-refractivity contribution in [2.45, 2.75) is 5.16 Å². The van der Waals surface area contributed by atoms with Gasteiger partial charge in [-0.25, -0.2) is 9.97 Å². The first-order valence-electron chi connectivity index (χ1n) is 5.34. The molecule has 2 aromatic rings. The molecule has 0 aliphatic heterocycles. The molecule has 0 fully saturated rings. The molecule has 0 radical (unpaired) electrons. The molecular formula is C12H8Cl3N3OS. The van der Waals surface area contributed by atoms with Crippen LogP contribution in [0.3, 0.4) is 0 Å². The van der Waals surface area contributed by atoms with Crippen LogP contribution in [0.4, 0.5) is 5.69 Å². The number of nitrogens with zero attached hydrogens (tertiary/aromatic N) is 2. The van der Waals surface area contributed by atoms with E-state index < -0.39 is 5.91 Å². The van der Waals surface area contributed by atoms with Crippen LogP contribution in [0.15, 0.2) is 29.6 Å². The van der Waals surface area contributed by atoms with Gasteiger partial charge in [0.05, 0.1) is 15.6 Å². The predicted molar refractivity (Wildman–Crippen MR) is 83.2 cm³/mol. The summed E-state index contributed by atoms with van der Waals surface area (Å²) >= 11 is 19.0. The number of carbonyl (C=O) groups excluding carboxylic acids is 1. The Hall–Kier alpha value is -1.01. The van der Waals surface area contributed by atoms with Gasteiger partial charge in [0, 0.05) is 11.9 Å². The molecule has 1 aromatic carbocycles. The Labute approximate surface area is 134 Å². The van der Waals surface area contributed by atoms with Crippen LogP contribution in [-0.2, 0) is 0 Å². The molecule has 104 valence electrons. The molecule has 8 heteroatoms. The van der Waals surface area contributed by atoms with Gasteiger partial charge < -0.3 is 5.32 Å². The molecule has 0 unspecified atom stereocenters. The Balaban J connectivity index is 2.21. The third kappa shape index (κ3) is 3.55. The summed E-state index contributed by atoms with van der Waals surface area (Å²) in [4.78, 5) is 20.1. The minimum absolute atomic E-state index is 0.0990. The SMILES string of the molecule is CSc1ncc(C(=O)Nc2ccc(Cl)c(Cl)c2)c(Cl)n1. The average Bonchev–Trinajstić information content (AvgIpc) is 2.42. The number of benzene rings is 1. The Morgan fingerprint density at radius 3 is 2.60 bits per heavy atom. The molecule has 1 aromatic heterocycles. The van der Waals surface area contributed by atoms with Crippen molar-refractivity contribution in [3.63, 3.8) is 0 Å². The number of carbonyl (C=O) groups is 1. The van der Waals surface area contributed by atoms with Crippen LogP contribution in [0.1, 0.15) is 10.4 Å². The largest absolute Gasteiger partial charge is 0.322 e. The summed E-state index contributed by atoms with van der Waals surface area (Å²) in [7, 11) is 0. The molecule has 0 aliphatic carbocycles. The lowest BCUT2D eigenvalue weighted by molar-refractivity contribution is 0.102. The second kappa shape index (κ2) is 6.63. The molecule has 0 bridgehead atoms. The molecule has 0 atom stereocenters. The highest BCUT2D eigenvalue weighted by molar-refractivity contribution is 7.98. The van der Waals surface area contributed by atoms with Crippen LogP contribution in [0, 0.1) is 0 Å². The fraction of sp³-hybridized carbons (Fsp3) is 0.0833. The number of hydrogen-bond donors (Lipinski definition) is 1. The first-order chi connectivity index (χ1) is 9.51. The van der Waals surface area contributed by atoms with E-state index in [1.165, 1.54) is 18.0 Å². The Bertz CT molecular complexity index is 666. The zero-order valence-corrected chi connectivity index (χ0v) is 13.2. The van der Waals surface area contributed by atoms with E-state index in [9.17, 15) is 4.79 Å². The number of anilines is 1. The molecular weight excluding hydrogens is 341 g/mol. The quantitative estimate of drug-likeness (QED) is 0.507. The lowest BCUT2D eigenvalue weighted by Gasteiger charge is -2.07. The zero-order chi connectivity index (χ0) is 14.7. The van der Waals surface area contributed by atoms with Crippen molar-refractivity contribution in [3.05, 3.63) is 45.2 Å². The van der Waals surface area contributed by atoms with Crippen molar-refractivity contribution >= 4 is 58.2 Å². The van der Waals surface area contributed by atoms with Crippen molar-refractivity contribution in [3.8, 4) is 0 Å². The van der Waals surface area contributed by atoms with Gasteiger partial charge in [-0.1, -0.05) is 46.6 Å². The summed E-state index contributed by atoms with van der Waals surface area (Å²) in [6.07, 6.45) is 3.20. The number of aromatic nitrogens is 2. The maximum absolute atomic E-state index is 12.1. The zero-order valence-electron chi connectivity index (χ0n) is 10.2. The van der Waals surface area contributed by atoms with Crippen LogP contribution < -0.4 is 5.32 Å². The van der Waals surface area contributed by atoms with Crippen molar-refractivity contribution in [1.29, 1.82) is 0 Å². The van der Waals surface area contributed by atoms with Crippen LogP contribution in [-0.4, -0.2) is 22.1 Å². The molecule has 1 heterocycles. The van der Waals surface area contributed by atoms with E-state index in [1.54, 1.807) is 18.2 Å². The van der Waals surface area contributed by atoms with Gasteiger partial charge in [-0.2, -0.15) is 0 Å². The van der Waals surface area contributed by atoms with Crippen molar-refractivity contribution < 1.29 is 4.79 Å². The highest BCUT2D eigenvalue weighted by Gasteiger charge is 2.14. The van der Waals surface area contributed by atoms with Crippen LogP contribution in [0.2, 0.25) is 15.2 Å². The van der Waals surface area contributed by atoms with E-state index in [2.05, 4.69) is 15.3 Å². The Morgan fingerprint density at radius 2 is 2.00 bits per heavy atom. The van der Waals surface area contributed by atoms with Crippen LogP contribution in [0.5, 0.6) is 0 Å². The van der Waals surface area contributed by atoms with Crippen LogP contribution >= 0.6 is 46.6 Å². The second-order valence-corrected chi connectivity index (χ2v) is 5.59. The van der Waals surface area contributed by atoms with Crippen molar-refractivity contribution in [2.75, 3.05) is 11.6 Å². The number of nitrogens with one attached hydrogen (secondary N) is 1. The summed E-state index contributed by atoms with van der Waals surface area (Å²) in [6, 6.07) is 4.78. The fourth-order valence-electron chi connectivity index (χ4n) is 1.37. The lowest BCUT2D eigenvalue weighted by Crippen LogP contribution is -2.13. The van der Waals surface area contributed by atoms with E-state index in [0.717, 1.165) is 0 Å². The number of halogens is 3. The number of hydrogen-bond acceptors (Lipinski definition) is 4. The first kappa shape index (κ1) is 15.4. The monoisotopic (exact) mass is 347 g/mol. The van der Waals surface area contributed by atoms with Gasteiger partial charge in [0.2, 0.25) is 0 Å². The summed E-state index contributed by atoms with van der Waals surface area (Å²) in [5, 5.41) is 4.02. The van der Waals surface area contributed by atoms with Gasteiger partial charge in [0.15, 0.2) is 5.16 Å². The molecule has 2 rings (SSSR count). The standard InChI is InChI=1S/C12H8Cl3N3OS/c1-20-12-16-5-7(10(15)18-12)11(19)17-6-2-3-8(13)9(14)4-6/h2-5H,1H3,(H,17,19). The lowest BCUT2D eigenvalue weighted by atomic mass is 10.2. The molecule has 4 nitrogen and oxygen atoms in total. The van der Waals surface area contributed by atoms with E-state index in [-0.39, 0.29) is 10.7 Å². The van der Waals surface area contributed by atoms with Gasteiger partial charge in [0.1, 0.15) is 5.15 Å². The third-order valence-corrected chi connectivity index (χ3v) is 3.91. The van der Waals surface area contributed by atoms with Gasteiger partial charge in [0.25, 0.3) is 5.91 Å². The predicted octanol–water partition coefficient (Wildman–Crippen LogP) is 4.41. The van der Waals surface area contributed by atoms with Crippen LogP contribution in [0.25, 0.3) is 0 Å². The fourth-order valence-corrected chi connectivity index (χ4v) is 2.27. The third-order valence-electron chi connectivity index (χ3n) is 2.32. The summed E-state index contributed by atoms with van der Waals surface area (Å²) in [5.74, 6) is -0.416. The van der Waals surface area contributed by atoms with Gasteiger partial charge >= 0.3 is 0 Å². The minimum atomic E-state index is -0.416. The summed E-state index contributed by atoms with van der Waals surface area (Å²) in [5.41, 5.74) is 0.699. The number of amides is 1. The maximum Gasteiger partial charge on any atom is 0.260 e. The molecule has 0 saturated heterocycles. The van der Waals surface area contributed by atoms with Gasteiger partial charge in [-0.3, -0.25) is 4.79 Å². The topological polar surface area (TPSA) is 54.9 Å². The molecule has 20 heavy (non-hydrogen) atoms. The van der Waals surface area contributed by atoms with Gasteiger partial charge in [-0.15, -0.1) is 0 Å². The summed E-state index contributed by atoms with van der Waals surface area (Å²) < 4.78 is 0. The molecule has 0 spiro atoms. The van der Waals surface area contributed by atoms with E-state index in [1.807, 2.05) is 6.26 Å². The van der Waals surface area contributed by atoms with E-state index in [4.69, 9.17) is 34.8 Å². The number of thioether (sulfide) groups is 1. The van der Waals surface area contributed by atoms with Crippen molar-refractivity contribution in [2.24, 2.45) is 0 Å². The second-order valence-electron chi connectivity index (χ2n) is 3.64. The highest BCUT2D eigenvalue weighted by Crippen LogP contribution is 2.25. The average molecular weight is 349 g/mol. The Morgan fingerprint density at radius 1 is 1.25 bits per heavy atom. The smallest absolute Gasteiger partial charge is 0.260 e. The molecule has 0 aliphatic rings. The van der Waals surface area contributed by atoms with E-state index in [0.29, 0.717) is 20.9 Å². The van der Waals surface area contributed by atoms with E-state index >= 15 is 0 Å². The minimum Gasteiger partial charge on any atom is -0.322 e. The highest BCUT2D eigenvalue weighted by atomic mass is 35.5. The summed E-state index contributed by atoms with van der Waals surface area (Å²) in [6.45, 7) is 0. The molecule has 0 saturated carbocycles. The molecule has 1 amide bonds. The van der Waals surface area contributed by atoms with Crippen molar-refractivity contribution in [1.82, 2.24) is 9.97 Å². The maximum atomic E-state index is 12.1. The van der Waals surface area contributed by atoms with Gasteiger partial charge in [-0.05, 0) is 24.5 Å². The first-order valence-corrected chi connectivity index (χ1v) is 7.70.